The van der Waals surface area contributed by atoms with Gasteiger partial charge in [-0.2, -0.15) is 0 Å². The second-order valence-electron chi connectivity index (χ2n) is 10.5. The number of carbonyl (C=O) groups excluding carboxylic acids is 4. The molecule has 4 unspecified atom stereocenters. The summed E-state index contributed by atoms with van der Waals surface area (Å²) in [6.07, 6.45) is -3.96. The number of aromatic amines is 1. The molecule has 1 saturated heterocycles. The molecule has 0 aliphatic carbocycles. The van der Waals surface area contributed by atoms with Crippen molar-refractivity contribution < 1.29 is 42.9 Å². The van der Waals surface area contributed by atoms with Gasteiger partial charge in [-0.05, 0) is 49.4 Å². The van der Waals surface area contributed by atoms with Crippen LogP contribution in [0.4, 0.5) is 0 Å². The van der Waals surface area contributed by atoms with Crippen LogP contribution in [-0.2, 0) is 28.5 Å². The maximum atomic E-state index is 13.8. The van der Waals surface area contributed by atoms with E-state index in [0.717, 1.165) is 19.3 Å². The van der Waals surface area contributed by atoms with E-state index in [1.165, 1.54) is 43.3 Å². The van der Waals surface area contributed by atoms with E-state index in [1.807, 2.05) is 0 Å². The van der Waals surface area contributed by atoms with Gasteiger partial charge >= 0.3 is 29.6 Å². The number of hydrogen-bond acceptors (Lipinski definition) is 11. The van der Waals surface area contributed by atoms with Crippen molar-refractivity contribution in [2.75, 3.05) is 13.7 Å². The van der Waals surface area contributed by atoms with Gasteiger partial charge in [-0.15, -0.1) is 0 Å². The number of aromatic nitrogens is 2. The van der Waals surface area contributed by atoms with Gasteiger partial charge in [-0.1, -0.05) is 54.6 Å². The zero-order chi connectivity index (χ0) is 34.2. The summed E-state index contributed by atoms with van der Waals surface area (Å²) in [5.74, 6) is -3.20. The van der Waals surface area contributed by atoms with E-state index < -0.39 is 66.3 Å². The molecule has 13 nitrogen and oxygen atoms in total. The summed E-state index contributed by atoms with van der Waals surface area (Å²) in [6.45, 7) is 0.923. The molecule has 0 amide bonds. The minimum absolute atomic E-state index is 0.103. The number of aryl methyl sites for hydroxylation is 1. The highest BCUT2D eigenvalue weighted by Crippen LogP contribution is 2.34. The van der Waals surface area contributed by atoms with Gasteiger partial charge in [0.05, 0.1) is 29.4 Å². The monoisotopic (exact) mass is 654 g/mol. The van der Waals surface area contributed by atoms with E-state index >= 15 is 0 Å². The van der Waals surface area contributed by atoms with Crippen molar-refractivity contribution in [3.05, 3.63) is 146 Å². The minimum atomic E-state index is -1.69. The van der Waals surface area contributed by atoms with E-state index in [-0.39, 0.29) is 27.9 Å². The Bertz CT molecular complexity index is 1940. The fraction of sp³-hybridized carbons (Fsp3) is 0.200. The average Bonchev–Trinajstić information content (AvgIpc) is 3.43. The van der Waals surface area contributed by atoms with E-state index in [0.29, 0.717) is 4.57 Å². The molecule has 0 saturated carbocycles. The molecule has 5 rings (SSSR count). The molecule has 4 aromatic rings. The Morgan fingerprint density at radius 2 is 1.27 bits per heavy atom. The number of esters is 4. The number of rotatable bonds is 10. The number of H-pyrrole nitrogens is 1. The van der Waals surface area contributed by atoms with Gasteiger partial charge in [0.2, 0.25) is 0 Å². The maximum absolute atomic E-state index is 13.8. The second-order valence-corrected chi connectivity index (χ2v) is 10.5. The smallest absolute Gasteiger partial charge is 0.338 e. The first-order valence-electron chi connectivity index (χ1n) is 14.7. The van der Waals surface area contributed by atoms with Crippen LogP contribution >= 0.6 is 0 Å². The first kappa shape index (κ1) is 33.3. The van der Waals surface area contributed by atoms with Crippen LogP contribution in [-0.4, -0.2) is 65.5 Å². The van der Waals surface area contributed by atoms with Gasteiger partial charge in [0.15, 0.2) is 18.4 Å². The number of hydrogen-bond donors (Lipinski definition) is 1. The summed E-state index contributed by atoms with van der Waals surface area (Å²) in [7, 11) is 1.16. The summed E-state index contributed by atoms with van der Waals surface area (Å²) >= 11 is 0. The van der Waals surface area contributed by atoms with Crippen LogP contribution in [0.25, 0.3) is 6.08 Å². The molecule has 13 heteroatoms. The van der Waals surface area contributed by atoms with Crippen LogP contribution < -0.4 is 11.2 Å². The maximum Gasteiger partial charge on any atom is 0.338 e. The van der Waals surface area contributed by atoms with Crippen molar-refractivity contribution in [1.29, 1.82) is 0 Å². The molecule has 1 fully saturated rings. The fourth-order valence-corrected chi connectivity index (χ4v) is 4.98. The Kier molecular flexibility index (Phi) is 10.4. The molecule has 3 aromatic carbocycles. The van der Waals surface area contributed by atoms with Gasteiger partial charge < -0.3 is 28.7 Å². The Balaban J connectivity index is 1.59. The number of ether oxygens (including phenoxy) is 5. The third-order valence-corrected chi connectivity index (χ3v) is 7.39. The van der Waals surface area contributed by atoms with Crippen LogP contribution in [0, 0.1) is 6.92 Å². The zero-order valence-corrected chi connectivity index (χ0v) is 25.8. The van der Waals surface area contributed by atoms with Gasteiger partial charge in [-0.3, -0.25) is 4.79 Å². The summed E-state index contributed by atoms with van der Waals surface area (Å²) in [5.41, 5.74) is -1.35. The summed E-state index contributed by atoms with van der Waals surface area (Å²) < 4.78 is 28.6. The van der Waals surface area contributed by atoms with Crippen LogP contribution in [0.5, 0.6) is 0 Å². The molecular formula is C35H30N2O11. The van der Waals surface area contributed by atoms with Crippen molar-refractivity contribution in [3.8, 4) is 0 Å². The van der Waals surface area contributed by atoms with Gasteiger partial charge in [0.25, 0.3) is 5.56 Å². The lowest BCUT2D eigenvalue weighted by atomic mass is 10.1. The summed E-state index contributed by atoms with van der Waals surface area (Å²) in [6, 6.07) is 23.9. The number of benzene rings is 3. The van der Waals surface area contributed by atoms with Crippen LogP contribution in [0.2, 0.25) is 0 Å². The molecule has 0 bridgehead atoms. The number of methoxy groups -OCH3 is 1. The molecule has 1 N–H and O–H groups in total. The third-order valence-electron chi connectivity index (χ3n) is 7.39. The highest BCUT2D eigenvalue weighted by Gasteiger charge is 2.52. The number of nitrogens with one attached hydrogen (secondary N) is 1. The highest BCUT2D eigenvalue weighted by molar-refractivity contribution is 5.91. The zero-order valence-electron chi connectivity index (χ0n) is 25.8. The SMILES string of the molecule is COC(=O)C=Cc1c(C)[nH]c(=O)n(C2OC(COC(=O)c3ccccc3)C(OC(=O)c3ccccc3)C2OC(=O)c2ccccc2)c1=O. The Hall–Kier alpha value is -6.08. The quantitative estimate of drug-likeness (QED) is 0.151. The molecule has 1 aromatic heterocycles. The van der Waals surface area contributed by atoms with Crippen LogP contribution in [0.1, 0.15) is 48.6 Å². The third kappa shape index (κ3) is 7.48. The van der Waals surface area contributed by atoms with Crippen LogP contribution in [0.15, 0.2) is 107 Å². The summed E-state index contributed by atoms with van der Waals surface area (Å²) in [4.78, 5) is 81.2. The van der Waals surface area contributed by atoms with Crippen molar-refractivity contribution in [2.45, 2.75) is 31.5 Å². The van der Waals surface area contributed by atoms with Gasteiger partial charge in [0, 0.05) is 11.8 Å². The predicted molar refractivity (Wildman–Crippen MR) is 169 cm³/mol. The first-order valence-corrected chi connectivity index (χ1v) is 14.7. The first-order chi connectivity index (χ1) is 23.2. The van der Waals surface area contributed by atoms with Gasteiger partial charge in [-0.25, -0.2) is 28.5 Å². The number of carbonyl (C=O) groups is 4. The Labute approximate surface area is 273 Å². The molecule has 1 aliphatic heterocycles. The van der Waals surface area contributed by atoms with Crippen molar-refractivity contribution in [2.24, 2.45) is 0 Å². The molecule has 0 spiro atoms. The molecule has 0 radical (unpaired) electrons. The lowest BCUT2D eigenvalue weighted by Crippen LogP contribution is -2.46. The summed E-state index contributed by atoms with van der Waals surface area (Å²) in [5, 5.41) is 0. The normalized spacial score (nSPS) is 18.6. The van der Waals surface area contributed by atoms with Crippen molar-refractivity contribution >= 4 is 30.0 Å². The molecule has 1 aliphatic rings. The van der Waals surface area contributed by atoms with E-state index in [4.69, 9.17) is 18.9 Å². The van der Waals surface area contributed by atoms with E-state index in [2.05, 4.69) is 9.72 Å². The average molecular weight is 655 g/mol. The van der Waals surface area contributed by atoms with Gasteiger partial charge in [0.1, 0.15) is 12.7 Å². The predicted octanol–water partition coefficient (Wildman–Crippen LogP) is 3.24. The van der Waals surface area contributed by atoms with Crippen molar-refractivity contribution in [3.63, 3.8) is 0 Å². The largest absolute Gasteiger partial charge is 0.466 e. The molecule has 4 atom stereocenters. The lowest BCUT2D eigenvalue weighted by molar-refractivity contribution is -0.134. The second kappa shape index (κ2) is 15.0. The molecular weight excluding hydrogens is 624 g/mol. The van der Waals surface area contributed by atoms with E-state index in [9.17, 15) is 28.8 Å². The van der Waals surface area contributed by atoms with Crippen LogP contribution in [0.3, 0.4) is 0 Å². The van der Waals surface area contributed by atoms with Crippen molar-refractivity contribution in [1.82, 2.24) is 9.55 Å². The fourth-order valence-electron chi connectivity index (χ4n) is 4.98. The minimum Gasteiger partial charge on any atom is -0.466 e. The Morgan fingerprint density at radius 3 is 1.79 bits per heavy atom. The Morgan fingerprint density at radius 1 is 0.771 bits per heavy atom. The molecule has 246 valence electrons. The lowest BCUT2D eigenvalue weighted by Gasteiger charge is -2.25. The highest BCUT2D eigenvalue weighted by atomic mass is 16.7. The number of nitrogens with zero attached hydrogens (tertiary/aromatic N) is 1. The molecule has 48 heavy (non-hydrogen) atoms. The molecule has 2 heterocycles. The topological polar surface area (TPSA) is 169 Å². The standard InChI is InChI=1S/C35H30N2O11/c1-21-25(18-19-27(38)44-2)30(39)37(35(43)36-21)31-29(48-34(42)24-16-10-5-11-17-24)28(47-33(41)23-14-8-4-9-15-23)26(46-31)20-45-32(40)22-12-6-3-7-13-22/h3-19,26,28-29,31H,20H2,1-2H3,(H,36,43). The van der Waals surface area contributed by atoms with E-state index in [1.54, 1.807) is 54.6 Å².